The summed E-state index contributed by atoms with van der Waals surface area (Å²) in [5, 5.41) is 11.4. The lowest BCUT2D eigenvalue weighted by Crippen LogP contribution is -1.96. The van der Waals surface area contributed by atoms with E-state index < -0.39 is 5.97 Å². The molecule has 0 saturated heterocycles. The number of nitrogen functional groups attached to an aromatic ring is 1. The average Bonchev–Trinajstić information content (AvgIpc) is 3.81. The van der Waals surface area contributed by atoms with Crippen LogP contribution in [0.25, 0.3) is 64.7 Å². The number of hydrogen-bond acceptors (Lipinski definition) is 8. The van der Waals surface area contributed by atoms with E-state index in [0.29, 0.717) is 15.8 Å². The van der Waals surface area contributed by atoms with Crippen molar-refractivity contribution < 1.29 is 19.4 Å². The lowest BCUT2D eigenvalue weighted by molar-refractivity contribution is 0.0605. The number of carbonyl (C=O) groups excluding carboxylic acids is 1. The number of hydrogen-bond donors (Lipinski definition) is 2. The number of halogens is 1. The fourth-order valence-electron chi connectivity index (χ4n) is 5.87. The summed E-state index contributed by atoms with van der Waals surface area (Å²) in [6.45, 7) is 0. The van der Waals surface area contributed by atoms with Crippen LogP contribution in [0, 0.1) is 0 Å². The Balaban J connectivity index is 0.000000159. The van der Waals surface area contributed by atoms with Crippen LogP contribution in [-0.2, 0) is 4.74 Å². The summed E-state index contributed by atoms with van der Waals surface area (Å²) in [7, 11) is 1.38. The van der Waals surface area contributed by atoms with Gasteiger partial charge in [0.25, 0.3) is 0 Å². The summed E-state index contributed by atoms with van der Waals surface area (Å²) < 4.78 is 6.55. The Labute approximate surface area is 306 Å². The predicted octanol–water partition coefficient (Wildman–Crippen LogP) is 11.0. The van der Waals surface area contributed by atoms with E-state index in [1.807, 2.05) is 72.8 Å². The first kappa shape index (κ1) is 33.6. The molecule has 250 valence electrons. The molecule has 8 rings (SSSR count). The molecule has 0 fully saturated rings. The van der Waals surface area contributed by atoms with Gasteiger partial charge in [0.1, 0.15) is 20.7 Å². The molecule has 0 saturated carbocycles. The van der Waals surface area contributed by atoms with Gasteiger partial charge in [0.2, 0.25) is 0 Å². The van der Waals surface area contributed by atoms with E-state index in [1.165, 1.54) is 29.8 Å². The van der Waals surface area contributed by atoms with E-state index in [9.17, 15) is 14.7 Å². The van der Waals surface area contributed by atoms with Crippen LogP contribution >= 0.6 is 34.3 Å². The summed E-state index contributed by atoms with van der Waals surface area (Å²) in [6.07, 6.45) is 3.33. The standard InChI is InChI=1S/C21H14ClNO2S.C20H14N2O2S/c1-25-21(24)17-11-16-18(26-17)12-23-20(22)19(16)15-9-5-8-14(10-15)13-6-3-2-4-7-13;21-19-18(15-10-16(20(23)24)25-17(15)11-22-19)14-8-4-7-13(9-14)12-5-2-1-3-6-12/h2-12H,1H3;1-11H,(H2,21,22)(H,23,24). The Morgan fingerprint density at radius 2 is 1.10 bits per heavy atom. The van der Waals surface area contributed by atoms with Crippen LogP contribution in [0.15, 0.2) is 134 Å². The summed E-state index contributed by atoms with van der Waals surface area (Å²) >= 11 is 8.99. The molecular formula is C41H28ClN3O4S2. The van der Waals surface area contributed by atoms with Crippen LogP contribution in [0.3, 0.4) is 0 Å². The molecule has 0 aliphatic rings. The van der Waals surface area contributed by atoms with E-state index in [0.717, 1.165) is 64.7 Å². The Kier molecular flexibility index (Phi) is 9.59. The SMILES string of the molecule is COC(=O)c1cc2c(-c3cccc(-c4ccccc4)c3)c(Cl)ncc2s1.Nc1ncc2sc(C(=O)O)cc2c1-c1cccc(-c2ccccc2)c1. The summed E-state index contributed by atoms with van der Waals surface area (Å²) in [4.78, 5) is 32.6. The first-order valence-electron chi connectivity index (χ1n) is 15.7. The molecule has 0 amide bonds. The Morgan fingerprint density at radius 1 is 0.627 bits per heavy atom. The number of benzene rings is 4. The van der Waals surface area contributed by atoms with Crippen molar-refractivity contribution in [1.29, 1.82) is 0 Å². The first-order valence-corrected chi connectivity index (χ1v) is 17.7. The van der Waals surface area contributed by atoms with Gasteiger partial charge in [0, 0.05) is 34.3 Å². The number of carboxylic acid groups (broad SMARTS) is 1. The van der Waals surface area contributed by atoms with Gasteiger partial charge in [0.05, 0.1) is 16.5 Å². The molecule has 0 spiro atoms. The van der Waals surface area contributed by atoms with Gasteiger partial charge < -0.3 is 15.6 Å². The van der Waals surface area contributed by atoms with E-state index in [-0.39, 0.29) is 10.8 Å². The number of anilines is 1. The van der Waals surface area contributed by atoms with Crippen LogP contribution in [0.4, 0.5) is 5.82 Å². The van der Waals surface area contributed by atoms with E-state index in [4.69, 9.17) is 22.1 Å². The quantitative estimate of drug-likeness (QED) is 0.129. The van der Waals surface area contributed by atoms with E-state index in [1.54, 1.807) is 18.5 Å². The summed E-state index contributed by atoms with van der Waals surface area (Å²) in [6, 6.07) is 39.9. The largest absolute Gasteiger partial charge is 0.477 e. The second-order valence-electron chi connectivity index (χ2n) is 11.4. The number of ether oxygens (including phenoxy) is 1. The van der Waals surface area contributed by atoms with Crippen LogP contribution in [-0.4, -0.2) is 34.1 Å². The number of pyridine rings is 2. The van der Waals surface area contributed by atoms with Gasteiger partial charge in [-0.3, -0.25) is 0 Å². The second-order valence-corrected chi connectivity index (χ2v) is 13.9. The number of nitrogens with zero attached hydrogens (tertiary/aromatic N) is 2. The van der Waals surface area contributed by atoms with Gasteiger partial charge in [-0.1, -0.05) is 109 Å². The highest BCUT2D eigenvalue weighted by molar-refractivity contribution is 7.21. The number of esters is 1. The molecule has 0 aliphatic heterocycles. The fourth-order valence-corrected chi connectivity index (χ4v) is 7.96. The number of fused-ring (bicyclic) bond motifs is 2. The lowest BCUT2D eigenvalue weighted by atomic mass is 9.97. The van der Waals surface area contributed by atoms with Crippen LogP contribution in [0.2, 0.25) is 5.15 Å². The molecule has 0 atom stereocenters. The lowest BCUT2D eigenvalue weighted by Gasteiger charge is -2.09. The molecule has 0 aliphatic carbocycles. The molecule has 0 radical (unpaired) electrons. The number of nitrogens with two attached hydrogens (primary N) is 1. The third-order valence-corrected chi connectivity index (χ3v) is 10.6. The Morgan fingerprint density at radius 3 is 1.67 bits per heavy atom. The van der Waals surface area contributed by atoms with Crippen molar-refractivity contribution in [3.05, 3.63) is 149 Å². The van der Waals surface area contributed by atoms with Crippen LogP contribution in [0.5, 0.6) is 0 Å². The number of aromatic nitrogens is 2. The number of methoxy groups -OCH3 is 1. The molecule has 0 bridgehead atoms. The zero-order valence-electron chi connectivity index (χ0n) is 27.0. The molecular weight excluding hydrogens is 698 g/mol. The fraction of sp³-hybridized carbons (Fsp3) is 0.0244. The number of carbonyl (C=O) groups is 2. The maximum Gasteiger partial charge on any atom is 0.348 e. The topological polar surface area (TPSA) is 115 Å². The van der Waals surface area contributed by atoms with Crippen molar-refractivity contribution in [3.63, 3.8) is 0 Å². The molecule has 0 unspecified atom stereocenters. The van der Waals surface area contributed by atoms with Crippen LogP contribution in [0.1, 0.15) is 19.3 Å². The second kappa shape index (κ2) is 14.5. The molecule has 4 heterocycles. The average molecular weight is 726 g/mol. The van der Waals surface area contributed by atoms with Gasteiger partial charge in [0.15, 0.2) is 0 Å². The number of rotatable bonds is 6. The van der Waals surface area contributed by atoms with E-state index >= 15 is 0 Å². The zero-order valence-corrected chi connectivity index (χ0v) is 29.4. The van der Waals surface area contributed by atoms with Crippen molar-refractivity contribution in [2.45, 2.75) is 0 Å². The molecule has 10 heteroatoms. The van der Waals surface area contributed by atoms with Gasteiger partial charge >= 0.3 is 11.9 Å². The molecule has 4 aromatic heterocycles. The van der Waals surface area contributed by atoms with Gasteiger partial charge in [-0.05, 0) is 57.6 Å². The minimum atomic E-state index is -0.941. The normalized spacial score (nSPS) is 10.9. The van der Waals surface area contributed by atoms with Crippen molar-refractivity contribution in [2.24, 2.45) is 0 Å². The summed E-state index contributed by atoms with van der Waals surface area (Å²) in [5.74, 6) is -0.900. The maximum atomic E-state index is 11.9. The number of carboxylic acids is 1. The number of thiophene rings is 2. The zero-order chi connectivity index (χ0) is 35.5. The molecule has 51 heavy (non-hydrogen) atoms. The maximum absolute atomic E-state index is 11.9. The third kappa shape index (κ3) is 6.95. The molecule has 3 N–H and O–H groups in total. The third-order valence-electron chi connectivity index (χ3n) is 8.25. The minimum Gasteiger partial charge on any atom is -0.477 e. The minimum absolute atomic E-state index is 0.280. The van der Waals surface area contributed by atoms with Crippen molar-refractivity contribution in [3.8, 4) is 44.5 Å². The summed E-state index contributed by atoms with van der Waals surface area (Å²) in [5.41, 5.74) is 14.0. The van der Waals surface area contributed by atoms with Crippen LogP contribution < -0.4 is 5.73 Å². The molecule has 4 aromatic carbocycles. The van der Waals surface area contributed by atoms with Gasteiger partial charge in [-0.2, -0.15) is 0 Å². The molecule has 8 aromatic rings. The molecule has 7 nitrogen and oxygen atoms in total. The van der Waals surface area contributed by atoms with Crippen molar-refractivity contribution >= 4 is 72.2 Å². The van der Waals surface area contributed by atoms with Gasteiger partial charge in [-0.25, -0.2) is 19.6 Å². The smallest absolute Gasteiger partial charge is 0.348 e. The highest BCUT2D eigenvalue weighted by atomic mass is 35.5. The number of aromatic carboxylic acids is 1. The highest BCUT2D eigenvalue weighted by Crippen LogP contribution is 2.40. The predicted molar refractivity (Wildman–Crippen MR) is 209 cm³/mol. The monoisotopic (exact) mass is 725 g/mol. The van der Waals surface area contributed by atoms with E-state index in [2.05, 4.69) is 52.4 Å². The Hall–Kier alpha value is -5.87. The van der Waals surface area contributed by atoms with Gasteiger partial charge in [-0.15, -0.1) is 22.7 Å². The Bertz CT molecular complexity index is 2550. The highest BCUT2D eigenvalue weighted by Gasteiger charge is 2.18. The van der Waals surface area contributed by atoms with Crippen molar-refractivity contribution in [1.82, 2.24) is 9.97 Å². The first-order chi connectivity index (χ1) is 24.8. The van der Waals surface area contributed by atoms with Crippen molar-refractivity contribution in [2.75, 3.05) is 12.8 Å².